The van der Waals surface area contributed by atoms with Crippen LogP contribution in [0.25, 0.3) is 0 Å². The average molecular weight is 1190 g/mol. The smallest absolute Gasteiger partial charge is 0.329 e. The fourth-order valence-electron chi connectivity index (χ4n) is 9.52. The van der Waals surface area contributed by atoms with Gasteiger partial charge < -0.3 is 82.4 Å². The second-order valence-electron chi connectivity index (χ2n) is 22.3. The van der Waals surface area contributed by atoms with E-state index in [1.54, 1.807) is 53.7 Å². The highest BCUT2D eigenvalue weighted by atomic mass is 35.5. The van der Waals surface area contributed by atoms with Gasteiger partial charge >= 0.3 is 5.97 Å². The van der Waals surface area contributed by atoms with E-state index >= 15 is 0 Å². The molecule has 2 saturated heterocycles. The second-order valence-corrected chi connectivity index (χ2v) is 22.7. The molecule has 2 aliphatic heterocycles. The molecule has 9 amide bonds. The maximum absolute atomic E-state index is 14.7. The van der Waals surface area contributed by atoms with Crippen molar-refractivity contribution in [1.82, 2.24) is 47.0 Å². The van der Waals surface area contributed by atoms with E-state index in [1.807, 2.05) is 0 Å². The summed E-state index contributed by atoms with van der Waals surface area (Å²) in [6, 6.07) is -3.56. The molecule has 0 unspecified atom stereocenters. The number of benzene rings is 2. The minimum Gasteiger partial charge on any atom is -0.508 e. The van der Waals surface area contributed by atoms with Gasteiger partial charge in [0, 0.05) is 13.5 Å². The van der Waals surface area contributed by atoms with Crippen molar-refractivity contribution < 1.29 is 83.3 Å². The molecule has 2 aromatic carbocycles. The first-order valence-corrected chi connectivity index (χ1v) is 28.1. The van der Waals surface area contributed by atoms with Gasteiger partial charge in [0.2, 0.25) is 47.3 Å². The lowest BCUT2D eigenvalue weighted by atomic mass is 9.96. The van der Waals surface area contributed by atoms with Crippen molar-refractivity contribution in [2.75, 3.05) is 13.7 Å². The molecule has 2 aliphatic rings. The number of nitrogens with zero attached hydrogens (tertiary/aromatic N) is 2. The Balaban J connectivity index is 1.72. The number of nitrogens with one attached hydrogen (secondary N) is 7. The van der Waals surface area contributed by atoms with Crippen molar-refractivity contribution >= 4 is 70.7 Å². The zero-order chi connectivity index (χ0) is 62.3. The normalized spacial score (nSPS) is 24.2. The summed E-state index contributed by atoms with van der Waals surface area (Å²) in [4.78, 5) is 144. The largest absolute Gasteiger partial charge is 0.508 e. The lowest BCUT2D eigenvalue weighted by Crippen LogP contribution is -2.67. The van der Waals surface area contributed by atoms with Crippen molar-refractivity contribution in [3.05, 3.63) is 58.6 Å². The number of likely N-dealkylation sites (N-methyl/N-ethyl adjacent to an activating group) is 1. The minimum absolute atomic E-state index is 0.000413. The highest BCUT2D eigenvalue weighted by Gasteiger charge is 2.47. The number of carbonyl (C=O) groups is 10. The van der Waals surface area contributed by atoms with Crippen LogP contribution in [-0.2, 0) is 65.5 Å². The summed E-state index contributed by atoms with van der Waals surface area (Å²) >= 11 is 6.23. The molecule has 4 rings (SSSR count). The fraction of sp³-hybridized carbons (Fsp3) is 0.607. The molecule has 2 aromatic rings. The summed E-state index contributed by atoms with van der Waals surface area (Å²) < 4.78 is 5.89. The lowest BCUT2D eigenvalue weighted by Gasteiger charge is -2.43. The zero-order valence-corrected chi connectivity index (χ0v) is 49.1. The second kappa shape index (κ2) is 31.0. The maximum atomic E-state index is 14.7. The van der Waals surface area contributed by atoms with Crippen molar-refractivity contribution in [2.45, 2.75) is 186 Å². The van der Waals surface area contributed by atoms with Gasteiger partial charge in [0.15, 0.2) is 6.10 Å². The van der Waals surface area contributed by atoms with E-state index in [9.17, 15) is 78.6 Å². The quantitative estimate of drug-likeness (QED) is 0.0700. The number of carbonyl (C=O) groups excluding carboxylic acids is 10. The summed E-state index contributed by atoms with van der Waals surface area (Å²) in [5.41, 5.74) is 1.11. The standard InChI is InChI=1S/C56H82ClN9O17/c1-26(2)22-38-49(75)60-37-19-21-42(72)66(54(37)80)46(30(8)68)55(81)65(10)39(24-33-16-20-40(70)35(57)23-33)50(76)63-44(28(5)6)56(82)83-31(9)45(53(79)61-38)64-52(78)43(27(3)4)62-47(73)29(7)58-48(74)36(59-51(77)41(71)25-67)13-11-12-32-14-17-34(69)18-15-32/h14-18,20,23,26-31,36-39,41-46,67-72H,11-13,19,21-22,24-25H2,1-10H3,(H,58,74)(H,59,77)(H,60,75)(H,61,79)(H,62,73)(H,63,76)(H,64,78)/t29-,30-,31-,36+,37+,38+,39+,41-,42-,43+,44+,45+,46+/m1/s1. The van der Waals surface area contributed by atoms with Gasteiger partial charge in [-0.25, -0.2) is 4.79 Å². The molecule has 2 heterocycles. The van der Waals surface area contributed by atoms with Crippen LogP contribution in [0.15, 0.2) is 42.5 Å². The Bertz CT molecular complexity index is 2640. The number of ether oxygens (including phenoxy) is 1. The molecule has 0 radical (unpaired) electrons. The van der Waals surface area contributed by atoms with Gasteiger partial charge in [0.1, 0.15) is 78.2 Å². The van der Waals surface area contributed by atoms with Gasteiger partial charge in [0.25, 0.3) is 5.91 Å². The molecule has 0 aromatic heterocycles. The molecule has 2 fully saturated rings. The molecular formula is C56H82ClN9O17. The average Bonchev–Trinajstić information content (AvgIpc) is 3.51. The number of piperidine rings is 1. The van der Waals surface area contributed by atoms with Gasteiger partial charge in [-0.1, -0.05) is 71.3 Å². The van der Waals surface area contributed by atoms with Crippen LogP contribution < -0.4 is 37.2 Å². The fourth-order valence-corrected chi connectivity index (χ4v) is 9.72. The Morgan fingerprint density at radius 3 is 1.99 bits per heavy atom. The number of aliphatic hydroxyl groups is 4. The number of phenolic OH excluding ortho intramolecular Hbond substituents is 2. The molecule has 0 spiro atoms. The van der Waals surface area contributed by atoms with Gasteiger partial charge in [-0.3, -0.25) is 43.2 Å². The van der Waals surface area contributed by atoms with Crippen LogP contribution in [0.2, 0.25) is 5.02 Å². The summed E-state index contributed by atoms with van der Waals surface area (Å²) in [6.45, 7) is 12.5. The number of hydrogen-bond donors (Lipinski definition) is 13. The molecule has 0 saturated carbocycles. The number of aliphatic hydroxyl groups excluding tert-OH is 4. The van der Waals surface area contributed by atoms with Crippen LogP contribution in [-0.4, -0.2) is 192 Å². The third-order valence-corrected chi connectivity index (χ3v) is 14.7. The number of esters is 1. The van der Waals surface area contributed by atoms with E-state index in [0.29, 0.717) is 18.4 Å². The minimum atomic E-state index is -1.86. The number of aromatic hydroxyl groups is 2. The number of rotatable bonds is 20. The first kappa shape index (κ1) is 68.4. The predicted molar refractivity (Wildman–Crippen MR) is 299 cm³/mol. The molecule has 13 atom stereocenters. The van der Waals surface area contributed by atoms with Crippen LogP contribution in [0.4, 0.5) is 0 Å². The summed E-state index contributed by atoms with van der Waals surface area (Å²) in [6.07, 6.45) is -6.87. The Morgan fingerprint density at radius 2 is 1.41 bits per heavy atom. The monoisotopic (exact) mass is 1190 g/mol. The highest BCUT2D eigenvalue weighted by Crippen LogP contribution is 2.28. The molecule has 0 aliphatic carbocycles. The van der Waals surface area contributed by atoms with Crippen LogP contribution in [0, 0.1) is 17.8 Å². The van der Waals surface area contributed by atoms with Crippen molar-refractivity contribution in [3.8, 4) is 11.5 Å². The molecular weight excluding hydrogens is 1110 g/mol. The van der Waals surface area contributed by atoms with E-state index in [2.05, 4.69) is 37.2 Å². The first-order valence-electron chi connectivity index (χ1n) is 27.7. The Hall–Kier alpha value is -7.13. The number of hydrogen-bond acceptors (Lipinski definition) is 17. The molecule has 2 bridgehead atoms. The Kier molecular flexibility index (Phi) is 25.5. The number of aryl methyl sites for hydroxylation is 1. The predicted octanol–water partition coefficient (Wildman–Crippen LogP) is -1.10. The number of fused-ring (bicyclic) bond motifs is 2. The summed E-state index contributed by atoms with van der Waals surface area (Å²) in [5.74, 6) is -12.0. The van der Waals surface area contributed by atoms with Crippen molar-refractivity contribution in [3.63, 3.8) is 0 Å². The lowest BCUT2D eigenvalue weighted by molar-refractivity contribution is -0.170. The Labute approximate surface area is 487 Å². The van der Waals surface area contributed by atoms with Crippen LogP contribution in [0.1, 0.15) is 106 Å². The van der Waals surface area contributed by atoms with Crippen molar-refractivity contribution in [1.29, 1.82) is 0 Å². The number of amides is 9. The van der Waals surface area contributed by atoms with E-state index in [0.717, 1.165) is 15.4 Å². The van der Waals surface area contributed by atoms with Gasteiger partial charge in [-0.2, -0.15) is 0 Å². The SMILES string of the molecule is CC(C)C[C@@H]1NC(=O)[C@@H](NC(=O)[C@@H](NC(=O)[C@@H](C)NC(=O)[C@H](CCCc2ccc(O)cc2)NC(=O)[C@H](O)CO)C(C)C)[C@@H](C)OC(=O)[C@H](C(C)C)NC(=O)[C@H](Cc2ccc(O)c(Cl)c2)N(C)C(=O)[C@H]([C@@H](C)O)N2C(=O)[C@H](CC[C@H]2O)NC1=O. The molecule has 26 nitrogen and oxygen atoms in total. The molecule has 83 heavy (non-hydrogen) atoms. The van der Waals surface area contributed by atoms with E-state index in [-0.39, 0.29) is 54.5 Å². The van der Waals surface area contributed by atoms with Crippen LogP contribution >= 0.6 is 11.6 Å². The van der Waals surface area contributed by atoms with Crippen molar-refractivity contribution in [2.24, 2.45) is 17.8 Å². The zero-order valence-electron chi connectivity index (χ0n) is 48.4. The highest BCUT2D eigenvalue weighted by molar-refractivity contribution is 6.32. The van der Waals surface area contributed by atoms with E-state index in [4.69, 9.17) is 16.3 Å². The number of halogens is 1. The van der Waals surface area contributed by atoms with Gasteiger partial charge in [0.05, 0.1) is 17.7 Å². The third-order valence-electron chi connectivity index (χ3n) is 14.4. The van der Waals surface area contributed by atoms with Crippen LogP contribution in [0.3, 0.4) is 0 Å². The number of cyclic esters (lactones) is 1. The third kappa shape index (κ3) is 18.9. The van der Waals surface area contributed by atoms with E-state index < -0.39 is 156 Å². The Morgan fingerprint density at radius 1 is 0.771 bits per heavy atom. The number of phenols is 2. The molecule has 27 heteroatoms. The van der Waals surface area contributed by atoms with Crippen LogP contribution in [0.5, 0.6) is 11.5 Å². The van der Waals surface area contributed by atoms with Gasteiger partial charge in [-0.15, -0.1) is 0 Å². The first-order chi connectivity index (χ1) is 38.9. The van der Waals surface area contributed by atoms with Gasteiger partial charge in [-0.05, 0) is 112 Å². The molecule has 13 N–H and O–H groups in total. The van der Waals surface area contributed by atoms with E-state index in [1.165, 1.54) is 58.2 Å². The maximum Gasteiger partial charge on any atom is 0.329 e. The molecule has 460 valence electrons. The summed E-state index contributed by atoms with van der Waals surface area (Å²) in [7, 11) is 1.21. The summed E-state index contributed by atoms with van der Waals surface area (Å²) in [5, 5.41) is 79.4. The topological polar surface area (TPSA) is 392 Å².